The number of aliphatic hydroxyl groups is 1. The van der Waals surface area contributed by atoms with Crippen LogP contribution in [0.4, 0.5) is 0 Å². The highest BCUT2D eigenvalue weighted by Crippen LogP contribution is 2.17. The molecule has 1 N–H and O–H groups in total. The molecule has 0 radical (unpaired) electrons. The molecule has 1 heterocycles. The first-order valence-electron chi connectivity index (χ1n) is 8.11. The van der Waals surface area contributed by atoms with Crippen LogP contribution in [0.15, 0.2) is 0 Å². The molecule has 4 heteroatoms. The van der Waals surface area contributed by atoms with Gasteiger partial charge in [-0.15, -0.1) is 0 Å². The number of piperazine rings is 1. The lowest BCUT2D eigenvalue weighted by Crippen LogP contribution is -2.53. The van der Waals surface area contributed by atoms with Crippen molar-refractivity contribution in [2.75, 3.05) is 32.7 Å². The number of β-amino-alcohol motifs (C(OH)–C–C–N with tert-alkyl or cyclic N) is 1. The largest absolute Gasteiger partial charge is 0.389 e. The Bertz CT molecular complexity index is 291. The summed E-state index contributed by atoms with van der Waals surface area (Å²) in [5.41, 5.74) is -0.654. The van der Waals surface area contributed by atoms with Gasteiger partial charge < -0.3 is 10.0 Å². The van der Waals surface area contributed by atoms with Crippen LogP contribution in [0.3, 0.4) is 0 Å². The maximum absolute atomic E-state index is 12.5. The molecule has 1 fully saturated rings. The number of amides is 1. The summed E-state index contributed by atoms with van der Waals surface area (Å²) in [5, 5.41) is 9.85. The molecular weight excluding hydrogens is 252 g/mol. The van der Waals surface area contributed by atoms with Crippen LogP contribution < -0.4 is 0 Å². The van der Waals surface area contributed by atoms with Crippen molar-refractivity contribution in [2.45, 2.75) is 59.0 Å². The summed E-state index contributed by atoms with van der Waals surface area (Å²) in [5.74, 6) is 0.541. The van der Waals surface area contributed by atoms with Gasteiger partial charge in [0, 0.05) is 38.6 Å². The van der Waals surface area contributed by atoms with Crippen molar-refractivity contribution in [3.05, 3.63) is 0 Å². The zero-order valence-corrected chi connectivity index (χ0v) is 13.7. The molecule has 1 saturated heterocycles. The van der Waals surface area contributed by atoms with E-state index >= 15 is 0 Å². The molecule has 1 rings (SSSR count). The molecule has 1 amide bonds. The Morgan fingerprint density at radius 1 is 1.20 bits per heavy atom. The molecule has 1 aliphatic heterocycles. The first-order chi connectivity index (χ1) is 9.37. The van der Waals surface area contributed by atoms with E-state index < -0.39 is 5.60 Å². The molecule has 0 aromatic rings. The second-order valence-electron chi connectivity index (χ2n) is 6.66. The van der Waals surface area contributed by atoms with E-state index in [0.29, 0.717) is 12.5 Å². The van der Waals surface area contributed by atoms with Crippen molar-refractivity contribution in [3.63, 3.8) is 0 Å². The highest BCUT2D eigenvalue weighted by molar-refractivity contribution is 5.78. The highest BCUT2D eigenvalue weighted by atomic mass is 16.3. The van der Waals surface area contributed by atoms with Crippen LogP contribution in [-0.2, 0) is 4.79 Å². The minimum atomic E-state index is -0.654. The minimum absolute atomic E-state index is 0.204. The first kappa shape index (κ1) is 17.4. The van der Waals surface area contributed by atoms with Crippen molar-refractivity contribution in [1.29, 1.82) is 0 Å². The average Bonchev–Trinajstić information content (AvgIpc) is 2.38. The maximum atomic E-state index is 12.5. The molecule has 118 valence electrons. The fourth-order valence-electron chi connectivity index (χ4n) is 2.88. The molecule has 0 aromatic heterocycles. The highest BCUT2D eigenvalue weighted by Gasteiger charge is 2.27. The molecule has 4 nitrogen and oxygen atoms in total. The molecule has 0 aliphatic carbocycles. The Morgan fingerprint density at radius 2 is 1.80 bits per heavy atom. The number of carbonyl (C=O) groups is 1. The smallest absolute Gasteiger partial charge is 0.225 e. The Hall–Kier alpha value is -0.610. The average molecular weight is 284 g/mol. The summed E-state index contributed by atoms with van der Waals surface area (Å²) in [4.78, 5) is 16.8. The normalized spacial score (nSPS) is 19.1. The molecule has 1 aliphatic rings. The summed E-state index contributed by atoms with van der Waals surface area (Å²) in [6.45, 7) is 12.0. The van der Waals surface area contributed by atoms with Crippen LogP contribution in [0.5, 0.6) is 0 Å². The lowest BCUT2D eigenvalue weighted by atomic mass is 9.97. The summed E-state index contributed by atoms with van der Waals surface area (Å²) >= 11 is 0. The molecule has 0 aromatic carbocycles. The van der Waals surface area contributed by atoms with Gasteiger partial charge in [0.2, 0.25) is 5.91 Å². The van der Waals surface area contributed by atoms with Gasteiger partial charge >= 0.3 is 0 Å². The molecule has 0 spiro atoms. The molecule has 0 saturated carbocycles. The van der Waals surface area contributed by atoms with Crippen LogP contribution in [0.2, 0.25) is 0 Å². The van der Waals surface area contributed by atoms with E-state index in [1.54, 1.807) is 0 Å². The van der Waals surface area contributed by atoms with Gasteiger partial charge in [-0.3, -0.25) is 9.69 Å². The molecule has 1 unspecified atom stereocenters. The van der Waals surface area contributed by atoms with Gasteiger partial charge in [0.15, 0.2) is 0 Å². The van der Waals surface area contributed by atoms with E-state index in [4.69, 9.17) is 0 Å². The van der Waals surface area contributed by atoms with Crippen molar-refractivity contribution in [3.8, 4) is 0 Å². The predicted octanol–water partition coefficient (Wildman–Crippen LogP) is 2.12. The van der Waals surface area contributed by atoms with Gasteiger partial charge in [-0.25, -0.2) is 0 Å². The standard InChI is InChI=1S/C16H32N2O2/c1-5-7-8-14(6-2)15(19)18-11-9-17(10-12-18)13-16(3,4)20/h14,20H,5-13H2,1-4H3. The van der Waals surface area contributed by atoms with Crippen LogP contribution in [0.1, 0.15) is 53.4 Å². The Morgan fingerprint density at radius 3 is 2.25 bits per heavy atom. The van der Waals surface area contributed by atoms with Crippen LogP contribution >= 0.6 is 0 Å². The number of unbranched alkanes of at least 4 members (excludes halogenated alkanes) is 1. The summed E-state index contributed by atoms with van der Waals surface area (Å²) in [7, 11) is 0. The van der Waals surface area contributed by atoms with Gasteiger partial charge in [0.25, 0.3) is 0 Å². The summed E-state index contributed by atoms with van der Waals surface area (Å²) < 4.78 is 0. The SMILES string of the molecule is CCCCC(CC)C(=O)N1CCN(CC(C)(C)O)CC1. The van der Waals surface area contributed by atoms with Crippen molar-refractivity contribution >= 4 is 5.91 Å². The van der Waals surface area contributed by atoms with E-state index in [0.717, 1.165) is 51.9 Å². The van der Waals surface area contributed by atoms with Gasteiger partial charge in [-0.05, 0) is 26.7 Å². The third-order valence-electron chi connectivity index (χ3n) is 4.04. The van der Waals surface area contributed by atoms with Crippen molar-refractivity contribution in [1.82, 2.24) is 9.80 Å². The predicted molar refractivity (Wildman–Crippen MR) is 82.6 cm³/mol. The lowest BCUT2D eigenvalue weighted by molar-refractivity contribution is -0.138. The molecule has 1 atom stereocenters. The van der Waals surface area contributed by atoms with E-state index in [9.17, 15) is 9.90 Å². The number of carbonyl (C=O) groups excluding carboxylic acids is 1. The van der Waals surface area contributed by atoms with Crippen molar-refractivity contribution in [2.24, 2.45) is 5.92 Å². The lowest BCUT2D eigenvalue weighted by Gasteiger charge is -2.38. The van der Waals surface area contributed by atoms with Crippen LogP contribution in [0, 0.1) is 5.92 Å². The summed E-state index contributed by atoms with van der Waals surface area (Å²) in [6.07, 6.45) is 4.27. The molecular formula is C16H32N2O2. The Labute approximate surface area is 124 Å². The van der Waals surface area contributed by atoms with E-state index in [1.165, 1.54) is 0 Å². The van der Waals surface area contributed by atoms with Gasteiger partial charge in [-0.2, -0.15) is 0 Å². The zero-order valence-electron chi connectivity index (χ0n) is 13.7. The van der Waals surface area contributed by atoms with Gasteiger partial charge in [0.1, 0.15) is 0 Å². The third-order valence-corrected chi connectivity index (χ3v) is 4.04. The maximum Gasteiger partial charge on any atom is 0.225 e. The fraction of sp³-hybridized carbons (Fsp3) is 0.938. The second kappa shape index (κ2) is 7.99. The van der Waals surface area contributed by atoms with Crippen molar-refractivity contribution < 1.29 is 9.90 Å². The first-order valence-corrected chi connectivity index (χ1v) is 8.11. The van der Waals surface area contributed by atoms with E-state index in [1.807, 2.05) is 18.7 Å². The van der Waals surface area contributed by atoms with Gasteiger partial charge in [-0.1, -0.05) is 26.7 Å². The molecule has 0 bridgehead atoms. The summed E-state index contributed by atoms with van der Waals surface area (Å²) in [6, 6.07) is 0. The van der Waals surface area contributed by atoms with Crippen LogP contribution in [0.25, 0.3) is 0 Å². The molecule has 20 heavy (non-hydrogen) atoms. The number of hydrogen-bond acceptors (Lipinski definition) is 3. The van der Waals surface area contributed by atoms with E-state index in [-0.39, 0.29) is 5.92 Å². The number of rotatable bonds is 7. The van der Waals surface area contributed by atoms with E-state index in [2.05, 4.69) is 18.7 Å². The zero-order chi connectivity index (χ0) is 15.2. The number of hydrogen-bond donors (Lipinski definition) is 1. The van der Waals surface area contributed by atoms with Gasteiger partial charge in [0.05, 0.1) is 5.60 Å². The van der Waals surface area contributed by atoms with Crippen LogP contribution in [-0.4, -0.2) is 59.1 Å². The Balaban J connectivity index is 2.41. The Kier molecular flexibility index (Phi) is 6.96. The second-order valence-corrected chi connectivity index (χ2v) is 6.66. The quantitative estimate of drug-likeness (QED) is 0.779. The third kappa shape index (κ3) is 5.80. The fourth-order valence-corrected chi connectivity index (χ4v) is 2.88. The number of nitrogens with zero attached hydrogens (tertiary/aromatic N) is 2. The minimum Gasteiger partial charge on any atom is -0.389 e. The monoisotopic (exact) mass is 284 g/mol. The topological polar surface area (TPSA) is 43.8 Å².